The molecule has 114 valence electrons. The van der Waals surface area contributed by atoms with Crippen molar-refractivity contribution in [3.05, 3.63) is 34.3 Å². The Morgan fingerprint density at radius 3 is 2.35 bits per heavy atom. The van der Waals surface area contributed by atoms with Crippen molar-refractivity contribution < 1.29 is 0 Å². The van der Waals surface area contributed by atoms with Crippen LogP contribution in [0.4, 0.5) is 0 Å². The standard InChI is InChI=1S/C18H30BrN/c1-3-5-6-7-8-9-17(15-20-4-2)14-16-10-12-18(19)13-11-16/h10-13,17,20H,3-9,14-15H2,1-2H3. The quantitative estimate of drug-likeness (QED) is 0.519. The van der Waals surface area contributed by atoms with Gasteiger partial charge in [0, 0.05) is 4.47 Å². The van der Waals surface area contributed by atoms with Crippen LogP contribution in [-0.2, 0) is 6.42 Å². The summed E-state index contributed by atoms with van der Waals surface area (Å²) in [7, 11) is 0. The molecule has 0 bridgehead atoms. The van der Waals surface area contributed by atoms with E-state index in [-0.39, 0.29) is 0 Å². The number of hydrogen-bond donors (Lipinski definition) is 1. The van der Waals surface area contributed by atoms with Crippen LogP contribution in [0.25, 0.3) is 0 Å². The lowest BCUT2D eigenvalue weighted by Gasteiger charge is -2.17. The highest BCUT2D eigenvalue weighted by Gasteiger charge is 2.09. The van der Waals surface area contributed by atoms with E-state index in [0.717, 1.165) is 19.0 Å². The Morgan fingerprint density at radius 2 is 1.70 bits per heavy atom. The predicted octanol–water partition coefficient (Wildman–Crippen LogP) is 5.58. The van der Waals surface area contributed by atoms with Crippen molar-refractivity contribution in [3.8, 4) is 0 Å². The molecule has 1 aromatic carbocycles. The molecule has 0 spiro atoms. The fourth-order valence-corrected chi connectivity index (χ4v) is 2.88. The highest BCUT2D eigenvalue weighted by atomic mass is 79.9. The molecular formula is C18H30BrN. The molecule has 0 aliphatic rings. The molecule has 0 saturated heterocycles. The summed E-state index contributed by atoms with van der Waals surface area (Å²) in [4.78, 5) is 0. The number of hydrogen-bond acceptors (Lipinski definition) is 1. The minimum Gasteiger partial charge on any atom is -0.317 e. The van der Waals surface area contributed by atoms with Crippen molar-refractivity contribution in [3.63, 3.8) is 0 Å². The lowest BCUT2D eigenvalue weighted by atomic mass is 9.93. The minimum atomic E-state index is 0.776. The first-order valence-corrected chi connectivity index (χ1v) is 9.00. The summed E-state index contributed by atoms with van der Waals surface area (Å²) < 4.78 is 1.17. The van der Waals surface area contributed by atoms with E-state index in [2.05, 4.69) is 59.4 Å². The van der Waals surface area contributed by atoms with E-state index in [1.54, 1.807) is 0 Å². The van der Waals surface area contributed by atoms with E-state index in [0.29, 0.717) is 0 Å². The molecule has 1 nitrogen and oxygen atoms in total. The number of nitrogens with one attached hydrogen (secondary N) is 1. The third-order valence-corrected chi connectivity index (χ3v) is 4.37. The summed E-state index contributed by atoms with van der Waals surface area (Å²) in [5, 5.41) is 3.52. The van der Waals surface area contributed by atoms with Crippen LogP contribution in [0.2, 0.25) is 0 Å². The van der Waals surface area contributed by atoms with Crippen LogP contribution in [-0.4, -0.2) is 13.1 Å². The smallest absolute Gasteiger partial charge is 0.0175 e. The van der Waals surface area contributed by atoms with Gasteiger partial charge in [-0.15, -0.1) is 0 Å². The lowest BCUT2D eigenvalue weighted by Crippen LogP contribution is -2.24. The first-order chi connectivity index (χ1) is 9.76. The summed E-state index contributed by atoms with van der Waals surface area (Å²) in [5.41, 5.74) is 1.46. The molecule has 1 rings (SSSR count). The van der Waals surface area contributed by atoms with Crippen molar-refractivity contribution in [1.29, 1.82) is 0 Å². The maximum Gasteiger partial charge on any atom is 0.0175 e. The van der Waals surface area contributed by atoms with E-state index in [9.17, 15) is 0 Å². The van der Waals surface area contributed by atoms with E-state index < -0.39 is 0 Å². The van der Waals surface area contributed by atoms with Crippen LogP contribution in [0.1, 0.15) is 57.9 Å². The average molecular weight is 340 g/mol. The zero-order valence-electron chi connectivity index (χ0n) is 13.1. The highest BCUT2D eigenvalue weighted by Crippen LogP contribution is 2.18. The molecule has 0 fully saturated rings. The second kappa shape index (κ2) is 11.3. The van der Waals surface area contributed by atoms with Gasteiger partial charge in [-0.25, -0.2) is 0 Å². The zero-order chi connectivity index (χ0) is 14.6. The van der Waals surface area contributed by atoms with Gasteiger partial charge in [-0.05, 0) is 49.5 Å². The molecule has 0 heterocycles. The molecule has 1 unspecified atom stereocenters. The van der Waals surface area contributed by atoms with Gasteiger partial charge < -0.3 is 5.32 Å². The van der Waals surface area contributed by atoms with Crippen LogP contribution in [0, 0.1) is 5.92 Å². The van der Waals surface area contributed by atoms with Crippen molar-refractivity contribution in [2.45, 2.75) is 58.8 Å². The van der Waals surface area contributed by atoms with Gasteiger partial charge in [0.15, 0.2) is 0 Å². The molecule has 1 atom stereocenters. The first kappa shape index (κ1) is 17.7. The summed E-state index contributed by atoms with van der Waals surface area (Å²) >= 11 is 3.51. The third kappa shape index (κ3) is 8.06. The summed E-state index contributed by atoms with van der Waals surface area (Å²) in [6, 6.07) is 8.81. The monoisotopic (exact) mass is 339 g/mol. The zero-order valence-corrected chi connectivity index (χ0v) is 14.7. The van der Waals surface area contributed by atoms with Gasteiger partial charge in [-0.1, -0.05) is 74.0 Å². The van der Waals surface area contributed by atoms with Crippen LogP contribution in [0.3, 0.4) is 0 Å². The second-order valence-electron chi connectivity index (χ2n) is 5.71. The molecule has 1 N–H and O–H groups in total. The molecule has 20 heavy (non-hydrogen) atoms. The van der Waals surface area contributed by atoms with Crippen LogP contribution in [0.5, 0.6) is 0 Å². The van der Waals surface area contributed by atoms with Gasteiger partial charge in [0.25, 0.3) is 0 Å². The molecule has 0 aliphatic carbocycles. The predicted molar refractivity (Wildman–Crippen MR) is 93.3 cm³/mol. The Labute approximate surface area is 133 Å². The molecule has 0 aromatic heterocycles. The summed E-state index contributed by atoms with van der Waals surface area (Å²) in [6.07, 6.45) is 9.47. The Bertz CT molecular complexity index is 334. The van der Waals surface area contributed by atoms with Gasteiger partial charge >= 0.3 is 0 Å². The number of rotatable bonds is 11. The summed E-state index contributed by atoms with van der Waals surface area (Å²) in [6.45, 7) is 6.70. The van der Waals surface area contributed by atoms with Crippen molar-refractivity contribution in [1.82, 2.24) is 5.32 Å². The molecule has 0 radical (unpaired) electrons. The number of halogens is 1. The van der Waals surface area contributed by atoms with Crippen molar-refractivity contribution in [2.75, 3.05) is 13.1 Å². The van der Waals surface area contributed by atoms with Gasteiger partial charge in [0.2, 0.25) is 0 Å². The molecule has 0 saturated carbocycles. The van der Waals surface area contributed by atoms with Crippen molar-refractivity contribution in [2.24, 2.45) is 5.92 Å². The normalized spacial score (nSPS) is 12.6. The van der Waals surface area contributed by atoms with Gasteiger partial charge in [-0.3, -0.25) is 0 Å². The highest BCUT2D eigenvalue weighted by molar-refractivity contribution is 9.10. The maximum absolute atomic E-state index is 3.52. The largest absolute Gasteiger partial charge is 0.317 e. The van der Waals surface area contributed by atoms with Gasteiger partial charge in [0.05, 0.1) is 0 Å². The first-order valence-electron chi connectivity index (χ1n) is 8.21. The molecule has 0 amide bonds. The Morgan fingerprint density at radius 1 is 1.00 bits per heavy atom. The van der Waals surface area contributed by atoms with Gasteiger partial charge in [0.1, 0.15) is 0 Å². The SMILES string of the molecule is CCCCCCCC(CNCC)Cc1ccc(Br)cc1. The van der Waals surface area contributed by atoms with E-state index in [1.807, 2.05) is 0 Å². The Hall–Kier alpha value is -0.340. The van der Waals surface area contributed by atoms with E-state index in [1.165, 1.54) is 55.0 Å². The number of unbranched alkanes of at least 4 members (excludes halogenated alkanes) is 4. The fourth-order valence-electron chi connectivity index (χ4n) is 2.62. The molecule has 0 aliphatic heterocycles. The topological polar surface area (TPSA) is 12.0 Å². The fraction of sp³-hybridized carbons (Fsp3) is 0.667. The van der Waals surface area contributed by atoms with Crippen LogP contribution < -0.4 is 5.32 Å². The minimum absolute atomic E-state index is 0.776. The molecule has 1 aromatic rings. The van der Waals surface area contributed by atoms with Crippen molar-refractivity contribution >= 4 is 15.9 Å². The molecular weight excluding hydrogens is 310 g/mol. The maximum atomic E-state index is 3.52. The Kier molecular flexibility index (Phi) is 10.0. The summed E-state index contributed by atoms with van der Waals surface area (Å²) in [5.74, 6) is 0.776. The molecule has 2 heteroatoms. The van der Waals surface area contributed by atoms with Crippen LogP contribution >= 0.6 is 15.9 Å². The lowest BCUT2D eigenvalue weighted by molar-refractivity contribution is 0.424. The Balaban J connectivity index is 2.36. The second-order valence-corrected chi connectivity index (χ2v) is 6.62. The van der Waals surface area contributed by atoms with E-state index >= 15 is 0 Å². The third-order valence-electron chi connectivity index (χ3n) is 3.84. The van der Waals surface area contributed by atoms with Gasteiger partial charge in [-0.2, -0.15) is 0 Å². The van der Waals surface area contributed by atoms with E-state index in [4.69, 9.17) is 0 Å². The number of benzene rings is 1. The van der Waals surface area contributed by atoms with Crippen LogP contribution in [0.15, 0.2) is 28.7 Å². The average Bonchev–Trinajstić information content (AvgIpc) is 2.46.